The second-order valence-electron chi connectivity index (χ2n) is 7.41. The average Bonchev–Trinajstić information content (AvgIpc) is 3.37. The summed E-state index contributed by atoms with van der Waals surface area (Å²) in [6, 6.07) is 15.2. The van der Waals surface area contributed by atoms with Crippen LogP contribution in [-0.2, 0) is 9.59 Å². The van der Waals surface area contributed by atoms with Gasteiger partial charge in [0.1, 0.15) is 11.8 Å². The van der Waals surface area contributed by atoms with Gasteiger partial charge in [-0.2, -0.15) is 0 Å². The van der Waals surface area contributed by atoms with Crippen molar-refractivity contribution in [2.24, 2.45) is 0 Å². The number of carbonyl (C=O) groups excluding carboxylic acids is 2. The molecule has 1 aliphatic rings. The van der Waals surface area contributed by atoms with Crippen LogP contribution >= 0.6 is 27.3 Å². The molecule has 1 atom stereocenters. The maximum Gasteiger partial charge on any atom is 0.335 e. The quantitative estimate of drug-likeness (QED) is 0.219. The van der Waals surface area contributed by atoms with Crippen LogP contribution in [0.5, 0.6) is 0 Å². The molecular weight excluding hydrogens is 522 g/mol. The minimum absolute atomic E-state index is 0.0845. The average molecular weight is 536 g/mol. The minimum Gasteiger partial charge on any atom is -0.507 e. The van der Waals surface area contributed by atoms with E-state index in [9.17, 15) is 24.6 Å². The normalized spacial score (nSPS) is 17.4. The van der Waals surface area contributed by atoms with Gasteiger partial charge in [-0.05, 0) is 42.5 Å². The number of hydrogen-bond donors (Lipinski definition) is 2. The van der Waals surface area contributed by atoms with Crippen molar-refractivity contribution < 1.29 is 24.6 Å². The number of carbonyl (C=O) groups is 3. The summed E-state index contributed by atoms with van der Waals surface area (Å²) in [5.74, 6) is -3.12. The molecule has 1 aliphatic heterocycles. The van der Waals surface area contributed by atoms with Gasteiger partial charge in [0.25, 0.3) is 5.78 Å². The van der Waals surface area contributed by atoms with Gasteiger partial charge in [0.05, 0.1) is 27.0 Å². The van der Waals surface area contributed by atoms with E-state index in [0.29, 0.717) is 21.5 Å². The monoisotopic (exact) mass is 535 g/mol. The van der Waals surface area contributed by atoms with E-state index in [-0.39, 0.29) is 22.0 Å². The van der Waals surface area contributed by atoms with E-state index in [1.165, 1.54) is 23.2 Å². The number of ketones is 1. The Morgan fingerprint density at radius 3 is 2.41 bits per heavy atom. The van der Waals surface area contributed by atoms with E-state index in [1.54, 1.807) is 48.5 Å². The number of Topliss-reactive ketones (excluding diaryl/α,β-unsaturated/α-hetero) is 1. The van der Waals surface area contributed by atoms with Gasteiger partial charge >= 0.3 is 11.9 Å². The Morgan fingerprint density at radius 2 is 1.74 bits per heavy atom. The fourth-order valence-electron chi connectivity index (χ4n) is 3.76. The van der Waals surface area contributed by atoms with Crippen molar-refractivity contribution in [2.45, 2.75) is 6.04 Å². The number of amides is 1. The summed E-state index contributed by atoms with van der Waals surface area (Å²) in [7, 11) is 0. The number of rotatable bonds is 4. The first-order valence-corrected chi connectivity index (χ1v) is 11.6. The molecule has 2 aromatic carbocycles. The van der Waals surface area contributed by atoms with Crippen molar-refractivity contribution in [1.82, 2.24) is 9.97 Å². The fraction of sp³-hybridized carbons (Fsp3) is 0.0417. The predicted molar refractivity (Wildman–Crippen MR) is 130 cm³/mol. The summed E-state index contributed by atoms with van der Waals surface area (Å²) in [4.78, 5) is 47.7. The molecule has 1 fully saturated rings. The summed E-state index contributed by atoms with van der Waals surface area (Å²) in [5.41, 5.74) is 1.22. The number of pyridine rings is 1. The number of nitrogens with zero attached hydrogens (tertiary/aromatic N) is 3. The first-order chi connectivity index (χ1) is 16.3. The molecule has 5 rings (SSSR count). The van der Waals surface area contributed by atoms with Gasteiger partial charge in [0.15, 0.2) is 5.13 Å². The van der Waals surface area contributed by atoms with Crippen LogP contribution in [0.15, 0.2) is 76.9 Å². The lowest BCUT2D eigenvalue weighted by molar-refractivity contribution is -0.132. The molecule has 0 saturated carbocycles. The molecule has 10 heteroatoms. The number of carboxylic acid groups (broad SMARTS) is 1. The summed E-state index contributed by atoms with van der Waals surface area (Å²) in [5, 5.41) is 20.6. The first-order valence-electron chi connectivity index (χ1n) is 9.97. The van der Waals surface area contributed by atoms with Crippen LogP contribution in [0.4, 0.5) is 5.13 Å². The van der Waals surface area contributed by atoms with Crippen LogP contribution in [0.1, 0.15) is 27.7 Å². The van der Waals surface area contributed by atoms with E-state index in [2.05, 4.69) is 25.9 Å². The number of halogens is 1. The Morgan fingerprint density at radius 1 is 1.00 bits per heavy atom. The second kappa shape index (κ2) is 8.47. The lowest BCUT2D eigenvalue weighted by Gasteiger charge is -2.21. The van der Waals surface area contributed by atoms with Crippen LogP contribution in [0.3, 0.4) is 0 Å². The Balaban J connectivity index is 1.70. The molecule has 168 valence electrons. The van der Waals surface area contributed by atoms with Crippen molar-refractivity contribution in [3.63, 3.8) is 0 Å². The summed E-state index contributed by atoms with van der Waals surface area (Å²) >= 11 is 4.42. The molecule has 1 amide bonds. The highest BCUT2D eigenvalue weighted by Gasteiger charge is 2.48. The van der Waals surface area contributed by atoms with E-state index in [1.807, 2.05) is 0 Å². The molecule has 2 N–H and O–H groups in total. The second-order valence-corrected chi connectivity index (χ2v) is 9.34. The number of hydrogen-bond acceptors (Lipinski definition) is 7. The van der Waals surface area contributed by atoms with Gasteiger partial charge < -0.3 is 10.2 Å². The van der Waals surface area contributed by atoms with Crippen LogP contribution in [0, 0.1) is 0 Å². The molecule has 3 heterocycles. The smallest absolute Gasteiger partial charge is 0.335 e. The number of aromatic carboxylic acids is 1. The third-order valence-electron chi connectivity index (χ3n) is 5.36. The predicted octanol–water partition coefficient (Wildman–Crippen LogP) is 4.78. The molecular formula is C24H14BrN3O5S. The SMILES string of the molecule is O=C1C(=O)N(c2nc3ccc(C(=O)O)cc3s2)C(c2ccccn2)/C1=C(\O)c1ccc(Br)cc1. The maximum atomic E-state index is 13.2. The van der Waals surface area contributed by atoms with Crippen molar-refractivity contribution in [1.29, 1.82) is 0 Å². The highest BCUT2D eigenvalue weighted by atomic mass is 79.9. The van der Waals surface area contributed by atoms with Gasteiger partial charge in [-0.25, -0.2) is 9.78 Å². The van der Waals surface area contributed by atoms with E-state index in [4.69, 9.17) is 0 Å². The fourth-order valence-corrected chi connectivity index (χ4v) is 5.05. The van der Waals surface area contributed by atoms with Gasteiger partial charge in [-0.15, -0.1) is 0 Å². The summed E-state index contributed by atoms with van der Waals surface area (Å²) in [6.07, 6.45) is 1.53. The summed E-state index contributed by atoms with van der Waals surface area (Å²) in [6.45, 7) is 0. The van der Waals surface area contributed by atoms with Crippen LogP contribution in [-0.4, -0.2) is 37.8 Å². The zero-order chi connectivity index (χ0) is 24.0. The highest BCUT2D eigenvalue weighted by Crippen LogP contribution is 2.43. The van der Waals surface area contributed by atoms with Crippen molar-refractivity contribution >= 4 is 66.0 Å². The molecule has 0 bridgehead atoms. The van der Waals surface area contributed by atoms with Crippen molar-refractivity contribution in [3.05, 3.63) is 93.7 Å². The minimum atomic E-state index is -1.08. The number of thiazole rings is 1. The third-order valence-corrected chi connectivity index (χ3v) is 6.91. The van der Waals surface area contributed by atoms with E-state index < -0.39 is 23.7 Å². The Hall–Kier alpha value is -3.89. The molecule has 2 aromatic heterocycles. The molecule has 4 aromatic rings. The van der Waals surface area contributed by atoms with E-state index in [0.717, 1.165) is 15.8 Å². The first kappa shape index (κ1) is 21.9. The Bertz CT molecular complexity index is 1500. The van der Waals surface area contributed by atoms with Crippen LogP contribution < -0.4 is 4.90 Å². The third kappa shape index (κ3) is 3.66. The van der Waals surface area contributed by atoms with Gasteiger partial charge in [-0.3, -0.25) is 19.5 Å². The summed E-state index contributed by atoms with van der Waals surface area (Å²) < 4.78 is 1.34. The van der Waals surface area contributed by atoms with Crippen LogP contribution in [0.2, 0.25) is 0 Å². The number of anilines is 1. The van der Waals surface area contributed by atoms with Crippen molar-refractivity contribution in [2.75, 3.05) is 4.90 Å². The molecule has 0 radical (unpaired) electrons. The molecule has 8 nitrogen and oxygen atoms in total. The Labute approximate surface area is 205 Å². The van der Waals surface area contributed by atoms with Gasteiger partial charge in [0, 0.05) is 16.2 Å². The molecule has 1 saturated heterocycles. The maximum absolute atomic E-state index is 13.2. The number of benzene rings is 2. The lowest BCUT2D eigenvalue weighted by atomic mass is 9.98. The number of fused-ring (bicyclic) bond motifs is 1. The Kier molecular flexibility index (Phi) is 5.46. The molecule has 34 heavy (non-hydrogen) atoms. The number of aliphatic hydroxyl groups is 1. The number of aromatic nitrogens is 2. The topological polar surface area (TPSA) is 121 Å². The highest BCUT2D eigenvalue weighted by molar-refractivity contribution is 9.10. The molecule has 1 unspecified atom stereocenters. The number of aliphatic hydroxyl groups excluding tert-OH is 1. The standard InChI is InChI=1S/C24H14BrN3O5S/c25-14-7-4-12(5-8-14)20(29)18-19(16-3-1-2-10-26-16)28(22(31)21(18)30)24-27-15-9-6-13(23(32)33)11-17(15)34-24/h1-11,19,29H,(H,32,33)/b20-18+. The van der Waals surface area contributed by atoms with Crippen molar-refractivity contribution in [3.8, 4) is 0 Å². The number of carboxylic acids is 1. The zero-order valence-electron chi connectivity index (χ0n) is 17.2. The molecule has 0 aliphatic carbocycles. The van der Waals surface area contributed by atoms with Gasteiger partial charge in [0.2, 0.25) is 0 Å². The lowest BCUT2D eigenvalue weighted by Crippen LogP contribution is -2.29. The zero-order valence-corrected chi connectivity index (χ0v) is 19.6. The molecule has 0 spiro atoms. The van der Waals surface area contributed by atoms with E-state index >= 15 is 0 Å². The van der Waals surface area contributed by atoms with Gasteiger partial charge in [-0.1, -0.05) is 45.5 Å². The largest absolute Gasteiger partial charge is 0.507 e. The van der Waals surface area contributed by atoms with Crippen LogP contribution in [0.25, 0.3) is 16.0 Å².